The van der Waals surface area contributed by atoms with Gasteiger partial charge in [-0.05, 0) is 42.8 Å². The van der Waals surface area contributed by atoms with E-state index in [1.165, 1.54) is 29.0 Å². The minimum absolute atomic E-state index is 0.0426. The lowest BCUT2D eigenvalue weighted by molar-refractivity contribution is -0.123. The number of halogens is 1. The summed E-state index contributed by atoms with van der Waals surface area (Å²) in [5.41, 5.74) is 1.27. The number of aromatic nitrogens is 2. The van der Waals surface area contributed by atoms with E-state index in [9.17, 15) is 18.8 Å². The van der Waals surface area contributed by atoms with Crippen molar-refractivity contribution in [2.24, 2.45) is 0 Å². The van der Waals surface area contributed by atoms with Crippen molar-refractivity contribution in [1.82, 2.24) is 20.0 Å². The molecule has 0 radical (unpaired) electrons. The van der Waals surface area contributed by atoms with Crippen molar-refractivity contribution in [2.75, 3.05) is 7.11 Å². The van der Waals surface area contributed by atoms with Gasteiger partial charge < -0.3 is 10.1 Å². The summed E-state index contributed by atoms with van der Waals surface area (Å²) in [6.07, 6.45) is 1.86. The number of urea groups is 1. The third kappa shape index (κ3) is 3.80. The van der Waals surface area contributed by atoms with E-state index in [0.717, 1.165) is 4.90 Å². The molecule has 0 spiro atoms. The number of nitrogens with zero attached hydrogens (tertiary/aromatic N) is 2. The number of benzene rings is 2. The van der Waals surface area contributed by atoms with Gasteiger partial charge in [0.2, 0.25) is 0 Å². The Bertz CT molecular complexity index is 1270. The number of amides is 3. The zero-order chi connectivity index (χ0) is 22.8. The quantitative estimate of drug-likeness (QED) is 0.459. The molecule has 4 rings (SSSR count). The topological polar surface area (TPSA) is 96.4 Å². The van der Waals surface area contributed by atoms with Crippen molar-refractivity contribution in [3.8, 4) is 11.4 Å². The zero-order valence-electron chi connectivity index (χ0n) is 17.5. The third-order valence-corrected chi connectivity index (χ3v) is 5.23. The van der Waals surface area contributed by atoms with Crippen LogP contribution in [0.5, 0.6) is 5.75 Å². The van der Waals surface area contributed by atoms with Crippen LogP contribution < -0.4 is 15.6 Å². The molecule has 1 fully saturated rings. The number of methoxy groups -OCH3 is 1. The maximum absolute atomic E-state index is 14.0. The number of carbonyl (C=O) groups excluding carboxylic acids is 2. The Balaban J connectivity index is 1.67. The summed E-state index contributed by atoms with van der Waals surface area (Å²) < 4.78 is 20.5. The predicted octanol–water partition coefficient (Wildman–Crippen LogP) is 2.97. The van der Waals surface area contributed by atoms with Gasteiger partial charge in [0.1, 0.15) is 17.3 Å². The van der Waals surface area contributed by atoms with Crippen LogP contribution in [0.15, 0.2) is 59.0 Å². The lowest BCUT2D eigenvalue weighted by Crippen LogP contribution is -2.30. The van der Waals surface area contributed by atoms with Gasteiger partial charge in [0.15, 0.2) is 0 Å². The number of aromatic amines is 1. The highest BCUT2D eigenvalue weighted by molar-refractivity contribution is 6.13. The maximum Gasteiger partial charge on any atom is 0.329 e. The molecule has 1 aliphatic heterocycles. The summed E-state index contributed by atoms with van der Waals surface area (Å²) in [5.74, 6) is -0.482. The van der Waals surface area contributed by atoms with Gasteiger partial charge in [0.05, 0.1) is 24.9 Å². The van der Waals surface area contributed by atoms with Crippen molar-refractivity contribution in [3.05, 3.63) is 87.2 Å². The van der Waals surface area contributed by atoms with E-state index < -0.39 is 17.8 Å². The van der Waals surface area contributed by atoms with E-state index >= 15 is 0 Å². The molecule has 0 saturated carbocycles. The highest BCUT2D eigenvalue weighted by Crippen LogP contribution is 2.20. The van der Waals surface area contributed by atoms with E-state index in [4.69, 9.17) is 4.74 Å². The van der Waals surface area contributed by atoms with Gasteiger partial charge >= 0.3 is 6.03 Å². The molecule has 0 aliphatic carbocycles. The summed E-state index contributed by atoms with van der Waals surface area (Å²) in [7, 11) is 1.55. The SMILES string of the molecule is CCc1[nH]n(-c2ccc(OC)cc2)c(=O)c1/C=C1\NC(=O)N(Cc2ccccc2F)C1=O. The Kier molecular flexibility index (Phi) is 5.63. The molecule has 2 heterocycles. The van der Waals surface area contributed by atoms with Crippen LogP contribution in [0.2, 0.25) is 0 Å². The van der Waals surface area contributed by atoms with Gasteiger partial charge in [0, 0.05) is 11.3 Å². The highest BCUT2D eigenvalue weighted by atomic mass is 19.1. The molecule has 1 aliphatic rings. The van der Waals surface area contributed by atoms with Crippen molar-refractivity contribution in [3.63, 3.8) is 0 Å². The molecule has 2 aromatic carbocycles. The lowest BCUT2D eigenvalue weighted by atomic mass is 10.1. The average molecular weight is 436 g/mol. The Hall–Kier alpha value is -4.14. The maximum atomic E-state index is 14.0. The number of carbonyl (C=O) groups is 2. The minimum atomic E-state index is -0.673. The molecule has 3 amide bonds. The fourth-order valence-corrected chi connectivity index (χ4v) is 3.48. The standard InChI is InChI=1S/C23H21FN4O4/c1-3-19-17(21(29)28(26-19)15-8-10-16(32-2)11-9-15)12-20-22(30)27(23(31)25-20)13-14-6-4-5-7-18(14)24/h4-12,26H,3,13H2,1-2H3,(H,25,31)/b20-12-. The number of nitrogens with one attached hydrogen (secondary N) is 2. The van der Waals surface area contributed by atoms with Crippen LogP contribution in [-0.2, 0) is 17.8 Å². The predicted molar refractivity (Wildman–Crippen MR) is 116 cm³/mol. The zero-order valence-corrected chi connectivity index (χ0v) is 17.5. The van der Waals surface area contributed by atoms with Gasteiger partial charge in [-0.1, -0.05) is 25.1 Å². The second-order valence-corrected chi connectivity index (χ2v) is 7.17. The number of rotatable bonds is 6. The fraction of sp³-hybridized carbons (Fsp3) is 0.174. The van der Waals surface area contributed by atoms with Crippen LogP contribution in [0.3, 0.4) is 0 Å². The summed E-state index contributed by atoms with van der Waals surface area (Å²) in [6.45, 7) is 1.66. The monoisotopic (exact) mass is 436 g/mol. The van der Waals surface area contributed by atoms with Crippen LogP contribution in [0.4, 0.5) is 9.18 Å². The van der Waals surface area contributed by atoms with Gasteiger partial charge in [-0.15, -0.1) is 0 Å². The van der Waals surface area contributed by atoms with E-state index in [0.29, 0.717) is 23.6 Å². The van der Waals surface area contributed by atoms with Crippen LogP contribution in [-0.4, -0.2) is 33.7 Å². The Morgan fingerprint density at radius 3 is 2.44 bits per heavy atom. The number of ether oxygens (including phenoxy) is 1. The van der Waals surface area contributed by atoms with Gasteiger partial charge in [-0.2, -0.15) is 0 Å². The van der Waals surface area contributed by atoms with Gasteiger partial charge in [-0.25, -0.2) is 13.9 Å². The first-order chi connectivity index (χ1) is 15.4. The molecule has 164 valence electrons. The summed E-state index contributed by atoms with van der Waals surface area (Å²) in [5, 5.41) is 5.53. The number of aryl methyl sites for hydroxylation is 1. The molecule has 2 N–H and O–H groups in total. The molecule has 3 aromatic rings. The molecule has 9 heteroatoms. The lowest BCUT2D eigenvalue weighted by Gasteiger charge is -2.12. The first kappa shape index (κ1) is 21.1. The van der Waals surface area contributed by atoms with Gasteiger partial charge in [0.25, 0.3) is 11.5 Å². The summed E-state index contributed by atoms with van der Waals surface area (Å²) in [4.78, 5) is 39.1. The summed E-state index contributed by atoms with van der Waals surface area (Å²) >= 11 is 0. The van der Waals surface area contributed by atoms with Crippen LogP contribution in [0.25, 0.3) is 11.8 Å². The molecule has 32 heavy (non-hydrogen) atoms. The van der Waals surface area contributed by atoms with E-state index in [-0.39, 0.29) is 28.9 Å². The number of H-pyrrole nitrogens is 1. The molecule has 0 unspecified atom stereocenters. The van der Waals surface area contributed by atoms with Crippen molar-refractivity contribution >= 4 is 18.0 Å². The first-order valence-electron chi connectivity index (χ1n) is 9.99. The highest BCUT2D eigenvalue weighted by Gasteiger charge is 2.34. The Morgan fingerprint density at radius 2 is 1.78 bits per heavy atom. The molecule has 0 bridgehead atoms. The van der Waals surface area contributed by atoms with Crippen LogP contribution in [0, 0.1) is 5.82 Å². The van der Waals surface area contributed by atoms with E-state index in [2.05, 4.69) is 10.4 Å². The Labute approximate surface area is 182 Å². The molecule has 1 saturated heterocycles. The van der Waals surface area contributed by atoms with Gasteiger partial charge in [-0.3, -0.25) is 19.6 Å². The van der Waals surface area contributed by atoms with Crippen molar-refractivity contribution in [1.29, 1.82) is 0 Å². The number of imide groups is 1. The third-order valence-electron chi connectivity index (χ3n) is 5.23. The molecule has 1 aromatic heterocycles. The van der Waals surface area contributed by atoms with Crippen LogP contribution >= 0.6 is 0 Å². The van der Waals surface area contributed by atoms with E-state index in [1.807, 2.05) is 6.92 Å². The molecule has 8 nitrogen and oxygen atoms in total. The number of hydrogen-bond donors (Lipinski definition) is 2. The van der Waals surface area contributed by atoms with Crippen molar-refractivity contribution < 1.29 is 18.7 Å². The fourth-order valence-electron chi connectivity index (χ4n) is 3.48. The smallest absolute Gasteiger partial charge is 0.329 e. The minimum Gasteiger partial charge on any atom is -0.497 e. The number of hydrogen-bond acceptors (Lipinski definition) is 4. The second kappa shape index (κ2) is 8.54. The van der Waals surface area contributed by atoms with Crippen LogP contribution in [0.1, 0.15) is 23.7 Å². The first-order valence-corrected chi connectivity index (χ1v) is 9.99. The normalized spacial score (nSPS) is 14.8. The van der Waals surface area contributed by atoms with Crippen molar-refractivity contribution in [2.45, 2.75) is 19.9 Å². The average Bonchev–Trinajstić information content (AvgIpc) is 3.26. The molecular weight excluding hydrogens is 415 g/mol. The molecular formula is C23H21FN4O4. The van der Waals surface area contributed by atoms with E-state index in [1.54, 1.807) is 37.4 Å². The second-order valence-electron chi connectivity index (χ2n) is 7.17. The largest absolute Gasteiger partial charge is 0.497 e. The molecule has 0 atom stereocenters. The Morgan fingerprint density at radius 1 is 1.06 bits per heavy atom. The summed E-state index contributed by atoms with van der Waals surface area (Å²) in [6, 6.07) is 12.2.